The van der Waals surface area contributed by atoms with Gasteiger partial charge in [0.15, 0.2) is 0 Å². The lowest BCUT2D eigenvalue weighted by Crippen LogP contribution is -2.41. The number of nitro groups is 1. The van der Waals surface area contributed by atoms with Crippen LogP contribution < -0.4 is 9.62 Å². The molecule has 0 aliphatic carbocycles. The highest BCUT2D eigenvalue weighted by atomic mass is 32.2. The normalized spacial score (nSPS) is 18.7. The zero-order valence-corrected chi connectivity index (χ0v) is 17.5. The summed E-state index contributed by atoms with van der Waals surface area (Å²) in [7, 11) is 0.206. The molecule has 1 atom stereocenters. The van der Waals surface area contributed by atoms with Crippen molar-refractivity contribution >= 4 is 21.4 Å². The van der Waals surface area contributed by atoms with Crippen LogP contribution in [0.4, 0.5) is 11.4 Å². The second-order valence-corrected chi connectivity index (χ2v) is 10.2. The minimum absolute atomic E-state index is 0.0882. The van der Waals surface area contributed by atoms with Crippen LogP contribution in [0.25, 0.3) is 0 Å². The van der Waals surface area contributed by atoms with Gasteiger partial charge in [-0.3, -0.25) is 10.1 Å². The molecule has 1 aromatic rings. The number of rotatable bonds is 6. The van der Waals surface area contributed by atoms with E-state index in [1.807, 2.05) is 19.0 Å². The summed E-state index contributed by atoms with van der Waals surface area (Å²) in [5, 5.41) is 11.6. The van der Waals surface area contributed by atoms with Gasteiger partial charge in [-0.15, -0.1) is 0 Å². The summed E-state index contributed by atoms with van der Waals surface area (Å²) in [6, 6.07) is 4.18. The quantitative estimate of drug-likeness (QED) is 0.584. The summed E-state index contributed by atoms with van der Waals surface area (Å²) < 4.78 is 27.6. The van der Waals surface area contributed by atoms with Gasteiger partial charge in [-0.25, -0.2) is 13.1 Å². The number of piperidine rings is 1. The number of nitrogens with one attached hydrogen (secondary N) is 1. The van der Waals surface area contributed by atoms with Gasteiger partial charge in [0, 0.05) is 31.2 Å². The highest BCUT2D eigenvalue weighted by molar-refractivity contribution is 7.89. The van der Waals surface area contributed by atoms with Crippen molar-refractivity contribution in [3.8, 4) is 0 Å². The Hall–Kier alpha value is -1.71. The van der Waals surface area contributed by atoms with Gasteiger partial charge in [0.05, 0.1) is 9.82 Å². The van der Waals surface area contributed by atoms with Gasteiger partial charge >= 0.3 is 0 Å². The number of nitrogens with zero attached hydrogens (tertiary/aromatic N) is 3. The summed E-state index contributed by atoms with van der Waals surface area (Å²) in [6.07, 6.45) is 2.05. The molecule has 0 radical (unpaired) electrons. The Bertz CT molecular complexity index is 787. The predicted molar refractivity (Wildman–Crippen MR) is 107 cm³/mol. The highest BCUT2D eigenvalue weighted by Gasteiger charge is 2.29. The van der Waals surface area contributed by atoms with E-state index in [2.05, 4.69) is 9.62 Å². The van der Waals surface area contributed by atoms with Crippen molar-refractivity contribution in [1.29, 1.82) is 0 Å². The van der Waals surface area contributed by atoms with Gasteiger partial charge in [0.2, 0.25) is 10.0 Å². The molecule has 1 saturated heterocycles. The fourth-order valence-corrected chi connectivity index (χ4v) is 4.93. The molecule has 8 nitrogen and oxygen atoms in total. The van der Waals surface area contributed by atoms with Crippen molar-refractivity contribution in [2.75, 3.05) is 38.6 Å². The van der Waals surface area contributed by atoms with E-state index in [1.54, 1.807) is 26.8 Å². The summed E-state index contributed by atoms with van der Waals surface area (Å²) in [6.45, 7) is 7.57. The van der Waals surface area contributed by atoms with E-state index in [1.165, 1.54) is 12.1 Å². The van der Waals surface area contributed by atoms with E-state index in [0.717, 1.165) is 32.5 Å². The largest absolute Gasteiger partial charge is 0.366 e. The smallest absolute Gasteiger partial charge is 0.293 e. The molecule has 2 rings (SSSR count). The first-order valence-electron chi connectivity index (χ1n) is 9.11. The third-order valence-corrected chi connectivity index (χ3v) is 6.13. The Morgan fingerprint density at radius 3 is 2.56 bits per heavy atom. The van der Waals surface area contributed by atoms with Crippen LogP contribution in [0.1, 0.15) is 33.6 Å². The monoisotopic (exact) mass is 398 g/mol. The third-order valence-electron chi connectivity index (χ3n) is 4.38. The van der Waals surface area contributed by atoms with E-state index in [-0.39, 0.29) is 10.6 Å². The standard InChI is InChI=1S/C18H30N4O4S/c1-18(2,3)19-27(25,26)15-8-9-16(17(11-15)22(23)24)21-10-6-7-14(13-21)12-20(4)5/h8-9,11,14,19H,6-7,10,12-13H2,1-5H3/t14-/m0/s1. The van der Waals surface area contributed by atoms with Gasteiger partial charge in [-0.2, -0.15) is 0 Å². The fourth-order valence-electron chi connectivity index (χ4n) is 3.50. The van der Waals surface area contributed by atoms with Crippen molar-refractivity contribution in [2.24, 2.45) is 5.92 Å². The van der Waals surface area contributed by atoms with Gasteiger partial charge in [-0.1, -0.05) is 0 Å². The molecule has 27 heavy (non-hydrogen) atoms. The fraction of sp³-hybridized carbons (Fsp3) is 0.667. The topological polar surface area (TPSA) is 95.8 Å². The first-order valence-corrected chi connectivity index (χ1v) is 10.6. The van der Waals surface area contributed by atoms with Crippen LogP contribution in [0.5, 0.6) is 0 Å². The molecule has 0 unspecified atom stereocenters. The molecule has 1 aliphatic rings. The third kappa shape index (κ3) is 5.88. The Morgan fingerprint density at radius 2 is 2.00 bits per heavy atom. The second-order valence-electron chi connectivity index (χ2n) is 8.48. The Kier molecular flexibility index (Phi) is 6.49. The van der Waals surface area contributed by atoms with E-state index >= 15 is 0 Å². The van der Waals surface area contributed by atoms with Crippen molar-refractivity contribution in [1.82, 2.24) is 9.62 Å². The molecule has 0 spiro atoms. The van der Waals surface area contributed by atoms with Crippen LogP contribution in [-0.4, -0.2) is 57.5 Å². The van der Waals surface area contributed by atoms with Crippen molar-refractivity contribution < 1.29 is 13.3 Å². The number of anilines is 1. The number of nitro benzene ring substituents is 1. The summed E-state index contributed by atoms with van der Waals surface area (Å²) in [4.78, 5) is 15.2. The van der Waals surface area contributed by atoms with Crippen LogP contribution >= 0.6 is 0 Å². The molecule has 1 N–H and O–H groups in total. The lowest BCUT2D eigenvalue weighted by Gasteiger charge is -2.35. The molecule has 0 aromatic heterocycles. The molecule has 1 aliphatic heterocycles. The lowest BCUT2D eigenvalue weighted by molar-refractivity contribution is -0.384. The van der Waals surface area contributed by atoms with Crippen molar-refractivity contribution in [2.45, 2.75) is 44.0 Å². The van der Waals surface area contributed by atoms with Crippen LogP contribution in [0, 0.1) is 16.0 Å². The molecule has 0 bridgehead atoms. The van der Waals surface area contributed by atoms with Gasteiger partial charge < -0.3 is 9.80 Å². The number of sulfonamides is 1. The van der Waals surface area contributed by atoms with E-state index in [4.69, 9.17) is 0 Å². The summed E-state index contributed by atoms with van der Waals surface area (Å²) in [5.74, 6) is 0.430. The minimum atomic E-state index is -3.83. The lowest BCUT2D eigenvalue weighted by atomic mass is 9.97. The second kappa shape index (κ2) is 8.12. The van der Waals surface area contributed by atoms with Crippen molar-refractivity contribution in [3.63, 3.8) is 0 Å². The van der Waals surface area contributed by atoms with Crippen LogP contribution in [0.2, 0.25) is 0 Å². The zero-order chi connectivity index (χ0) is 20.4. The molecule has 1 aromatic carbocycles. The maximum absolute atomic E-state index is 12.5. The first kappa shape index (κ1) is 21.6. The predicted octanol–water partition coefficient (Wildman–Crippen LogP) is 2.45. The Labute approximate surface area is 161 Å². The van der Waals surface area contributed by atoms with E-state index < -0.39 is 20.5 Å². The number of hydrogen-bond acceptors (Lipinski definition) is 6. The molecule has 9 heteroatoms. The number of hydrogen-bond donors (Lipinski definition) is 1. The van der Waals surface area contributed by atoms with Crippen molar-refractivity contribution in [3.05, 3.63) is 28.3 Å². The molecule has 1 fully saturated rings. The average Bonchev–Trinajstić information content (AvgIpc) is 2.51. The maximum Gasteiger partial charge on any atom is 0.293 e. The van der Waals surface area contributed by atoms with Crippen LogP contribution in [0.15, 0.2) is 23.1 Å². The maximum atomic E-state index is 12.5. The molecule has 1 heterocycles. The summed E-state index contributed by atoms with van der Waals surface area (Å²) in [5.41, 5.74) is -0.353. The molecular formula is C18H30N4O4S. The molecular weight excluding hydrogens is 368 g/mol. The highest BCUT2D eigenvalue weighted by Crippen LogP contribution is 2.34. The average molecular weight is 399 g/mol. The van der Waals surface area contributed by atoms with Gasteiger partial charge in [-0.05, 0) is 65.8 Å². The Morgan fingerprint density at radius 1 is 1.33 bits per heavy atom. The SMILES string of the molecule is CN(C)C[C@@H]1CCCN(c2ccc(S(=O)(=O)NC(C)(C)C)cc2[N+](=O)[O-])C1. The van der Waals surface area contributed by atoms with E-state index in [9.17, 15) is 18.5 Å². The Balaban J connectivity index is 2.35. The zero-order valence-electron chi connectivity index (χ0n) is 16.7. The van der Waals surface area contributed by atoms with Gasteiger partial charge in [0.25, 0.3) is 5.69 Å². The molecule has 152 valence electrons. The summed E-state index contributed by atoms with van der Waals surface area (Å²) >= 11 is 0. The first-order chi connectivity index (χ1) is 12.4. The van der Waals surface area contributed by atoms with Crippen LogP contribution in [-0.2, 0) is 10.0 Å². The van der Waals surface area contributed by atoms with Gasteiger partial charge in [0.1, 0.15) is 5.69 Å². The molecule has 0 amide bonds. The van der Waals surface area contributed by atoms with E-state index in [0.29, 0.717) is 11.6 Å². The number of benzene rings is 1. The van der Waals surface area contributed by atoms with Crippen LogP contribution in [0.3, 0.4) is 0 Å². The molecule has 0 saturated carbocycles. The minimum Gasteiger partial charge on any atom is -0.366 e.